The molecule has 12 aromatic rings. The van der Waals surface area contributed by atoms with Crippen LogP contribution < -0.4 is 0 Å². The third-order valence-electron chi connectivity index (χ3n) is 11.3. The first-order valence-electron chi connectivity index (χ1n) is 19.2. The van der Waals surface area contributed by atoms with E-state index in [-0.39, 0.29) is 0 Å². The van der Waals surface area contributed by atoms with Gasteiger partial charge in [0.2, 0.25) is 5.71 Å². The number of furan rings is 1. The standard InChI is InChI=1S/C52H32N4O/c1-3-14-33(15-4-1)51-53-50(49-41-22-9-12-25-48(41)57-52(49)54-51)36-17-13-16-34(30-36)35-26-28-46-42(31-35)43-32-38(27-29-47(43)55(46)37-18-5-2-6-19-37)56-44-23-10-7-20-39(44)40-21-8-11-24-45(40)56/h1-32H. The summed E-state index contributed by atoms with van der Waals surface area (Å²) in [4.78, 5) is 10.1. The maximum Gasteiger partial charge on any atom is 0.231 e. The Morgan fingerprint density at radius 2 is 0.912 bits per heavy atom. The number of nitrogens with zero attached hydrogens (tertiary/aromatic N) is 4. The minimum atomic E-state index is 0.583. The first-order valence-corrected chi connectivity index (χ1v) is 19.2. The van der Waals surface area contributed by atoms with Gasteiger partial charge in [-0.3, -0.25) is 0 Å². The van der Waals surface area contributed by atoms with Crippen molar-refractivity contribution >= 4 is 65.7 Å². The molecule has 0 radical (unpaired) electrons. The molecule has 5 heteroatoms. The highest BCUT2D eigenvalue weighted by atomic mass is 16.3. The van der Waals surface area contributed by atoms with E-state index in [0.29, 0.717) is 11.5 Å². The Morgan fingerprint density at radius 3 is 1.68 bits per heavy atom. The minimum Gasteiger partial charge on any atom is -0.438 e. The number of rotatable bonds is 5. The van der Waals surface area contributed by atoms with E-state index in [0.717, 1.165) is 66.7 Å². The van der Waals surface area contributed by atoms with Gasteiger partial charge in [-0.05, 0) is 77.9 Å². The van der Waals surface area contributed by atoms with Crippen LogP contribution in [0.15, 0.2) is 199 Å². The third-order valence-corrected chi connectivity index (χ3v) is 11.3. The van der Waals surface area contributed by atoms with Gasteiger partial charge in [0, 0.05) is 49.4 Å². The van der Waals surface area contributed by atoms with Crippen molar-refractivity contribution < 1.29 is 4.42 Å². The molecule has 0 fully saturated rings. The fourth-order valence-corrected chi connectivity index (χ4v) is 8.78. The van der Waals surface area contributed by atoms with E-state index in [4.69, 9.17) is 14.4 Å². The van der Waals surface area contributed by atoms with E-state index >= 15 is 0 Å². The largest absolute Gasteiger partial charge is 0.438 e. The monoisotopic (exact) mass is 728 g/mol. The Hall–Kier alpha value is -7.76. The van der Waals surface area contributed by atoms with E-state index in [1.165, 1.54) is 32.6 Å². The van der Waals surface area contributed by atoms with E-state index < -0.39 is 0 Å². The van der Waals surface area contributed by atoms with Gasteiger partial charge in [-0.25, -0.2) is 4.98 Å². The minimum absolute atomic E-state index is 0.583. The summed E-state index contributed by atoms with van der Waals surface area (Å²) in [6.07, 6.45) is 0. The highest BCUT2D eigenvalue weighted by Gasteiger charge is 2.20. The van der Waals surface area contributed by atoms with Crippen molar-refractivity contribution in [3.8, 4) is 45.1 Å². The molecule has 266 valence electrons. The highest BCUT2D eigenvalue weighted by molar-refractivity contribution is 6.14. The molecule has 5 nitrogen and oxygen atoms in total. The van der Waals surface area contributed by atoms with Crippen LogP contribution in [0.25, 0.3) is 111 Å². The zero-order chi connectivity index (χ0) is 37.5. The second kappa shape index (κ2) is 12.4. The van der Waals surface area contributed by atoms with Crippen molar-refractivity contribution in [1.29, 1.82) is 0 Å². The molecule has 4 aromatic heterocycles. The number of hydrogen-bond donors (Lipinski definition) is 0. The van der Waals surface area contributed by atoms with Gasteiger partial charge >= 0.3 is 0 Å². The van der Waals surface area contributed by atoms with E-state index in [1.54, 1.807) is 0 Å². The van der Waals surface area contributed by atoms with Crippen LogP contribution in [0.2, 0.25) is 0 Å². The number of hydrogen-bond acceptors (Lipinski definition) is 3. The molecule has 57 heavy (non-hydrogen) atoms. The molecule has 0 aliphatic heterocycles. The Kier molecular flexibility index (Phi) is 6.86. The smallest absolute Gasteiger partial charge is 0.231 e. The molecule has 0 N–H and O–H groups in total. The fourth-order valence-electron chi connectivity index (χ4n) is 8.78. The first kappa shape index (κ1) is 31.6. The van der Waals surface area contributed by atoms with Crippen LogP contribution in [-0.4, -0.2) is 19.1 Å². The summed E-state index contributed by atoms with van der Waals surface area (Å²) in [6.45, 7) is 0. The van der Waals surface area contributed by atoms with Gasteiger partial charge in [-0.2, -0.15) is 4.98 Å². The van der Waals surface area contributed by atoms with Crippen LogP contribution >= 0.6 is 0 Å². The number of benzene rings is 8. The van der Waals surface area contributed by atoms with E-state index in [9.17, 15) is 0 Å². The van der Waals surface area contributed by atoms with Crippen molar-refractivity contribution in [2.24, 2.45) is 0 Å². The van der Waals surface area contributed by atoms with E-state index in [1.807, 2.05) is 48.5 Å². The molecule has 0 saturated heterocycles. The van der Waals surface area contributed by atoms with Gasteiger partial charge in [-0.1, -0.05) is 127 Å². The average molecular weight is 729 g/mol. The first-order chi connectivity index (χ1) is 28.3. The van der Waals surface area contributed by atoms with Crippen molar-refractivity contribution in [3.63, 3.8) is 0 Å². The van der Waals surface area contributed by atoms with Crippen LogP contribution in [0.3, 0.4) is 0 Å². The summed E-state index contributed by atoms with van der Waals surface area (Å²) in [7, 11) is 0. The van der Waals surface area contributed by atoms with Crippen molar-refractivity contribution in [2.75, 3.05) is 0 Å². The van der Waals surface area contributed by atoms with Gasteiger partial charge in [0.05, 0.1) is 33.1 Å². The predicted molar refractivity (Wildman–Crippen MR) is 234 cm³/mol. The number of para-hydroxylation sites is 4. The molecule has 0 saturated carbocycles. The van der Waals surface area contributed by atoms with Crippen LogP contribution in [0.1, 0.15) is 0 Å². The average Bonchev–Trinajstić information content (AvgIpc) is 3.94. The molecule has 0 aliphatic rings. The maximum absolute atomic E-state index is 6.35. The highest BCUT2D eigenvalue weighted by Crippen LogP contribution is 2.40. The maximum atomic E-state index is 6.35. The molecule has 0 aliphatic carbocycles. The van der Waals surface area contributed by atoms with Gasteiger partial charge in [0.1, 0.15) is 5.58 Å². The quantitative estimate of drug-likeness (QED) is 0.177. The molecule has 0 atom stereocenters. The molecule has 0 spiro atoms. The van der Waals surface area contributed by atoms with Gasteiger partial charge in [-0.15, -0.1) is 0 Å². The zero-order valence-corrected chi connectivity index (χ0v) is 30.7. The normalized spacial score (nSPS) is 11.9. The predicted octanol–water partition coefficient (Wildman–Crippen LogP) is 13.6. The second-order valence-electron chi connectivity index (χ2n) is 14.6. The molecule has 0 bridgehead atoms. The van der Waals surface area contributed by atoms with Crippen LogP contribution in [-0.2, 0) is 0 Å². The number of fused-ring (bicyclic) bond motifs is 9. The lowest BCUT2D eigenvalue weighted by Gasteiger charge is -2.10. The summed E-state index contributed by atoms with van der Waals surface area (Å²) in [5.41, 5.74) is 13.4. The van der Waals surface area contributed by atoms with Gasteiger partial charge in [0.15, 0.2) is 5.82 Å². The molecule has 0 unspecified atom stereocenters. The lowest BCUT2D eigenvalue weighted by Crippen LogP contribution is -1.95. The Bertz CT molecular complexity index is 3470. The lowest BCUT2D eigenvalue weighted by molar-refractivity contribution is 0.653. The summed E-state index contributed by atoms with van der Waals surface area (Å²) in [5, 5.41) is 6.81. The van der Waals surface area contributed by atoms with Crippen LogP contribution in [0.5, 0.6) is 0 Å². The van der Waals surface area contributed by atoms with Gasteiger partial charge < -0.3 is 13.6 Å². The number of aromatic nitrogens is 4. The molecule has 0 amide bonds. The second-order valence-corrected chi connectivity index (χ2v) is 14.6. The Morgan fingerprint density at radius 1 is 0.351 bits per heavy atom. The summed E-state index contributed by atoms with van der Waals surface area (Å²) < 4.78 is 11.1. The molecular weight excluding hydrogens is 697 g/mol. The summed E-state index contributed by atoms with van der Waals surface area (Å²) in [5.74, 6) is 0.636. The van der Waals surface area contributed by atoms with Gasteiger partial charge in [0.25, 0.3) is 0 Å². The SMILES string of the molecule is c1ccc(-c2nc(-c3cccc(-c4ccc5c(c4)c4cc(-n6c7ccccc7c7ccccc76)ccc4n5-c4ccccc4)c3)c3c(n2)oc2ccccc23)cc1. The van der Waals surface area contributed by atoms with Crippen LogP contribution in [0.4, 0.5) is 0 Å². The topological polar surface area (TPSA) is 48.8 Å². The summed E-state index contributed by atoms with van der Waals surface area (Å²) in [6, 6.07) is 68.7. The Labute approximate surface area is 327 Å². The third kappa shape index (κ3) is 4.89. The van der Waals surface area contributed by atoms with Crippen molar-refractivity contribution in [1.82, 2.24) is 19.1 Å². The molecule has 8 aromatic carbocycles. The van der Waals surface area contributed by atoms with E-state index in [2.05, 4.69) is 155 Å². The lowest BCUT2D eigenvalue weighted by atomic mass is 9.98. The fraction of sp³-hybridized carbons (Fsp3) is 0. The summed E-state index contributed by atoms with van der Waals surface area (Å²) >= 11 is 0. The zero-order valence-electron chi connectivity index (χ0n) is 30.7. The molecule has 12 rings (SSSR count). The van der Waals surface area contributed by atoms with Crippen molar-refractivity contribution in [3.05, 3.63) is 194 Å². The molecular formula is C52H32N4O. The van der Waals surface area contributed by atoms with Crippen molar-refractivity contribution in [2.45, 2.75) is 0 Å². The molecule has 4 heterocycles. The van der Waals surface area contributed by atoms with Crippen LogP contribution in [0, 0.1) is 0 Å². The Balaban J connectivity index is 1.07.